The van der Waals surface area contributed by atoms with E-state index in [1.807, 2.05) is 49.4 Å². The lowest BCUT2D eigenvalue weighted by Gasteiger charge is -2.04. The SMILES string of the molecule is CCc1ccc(C(=O)COC(=O)c2nc(-c3ccccc3)oc2C)cc1. The summed E-state index contributed by atoms with van der Waals surface area (Å²) in [5.74, 6) is -0.234. The van der Waals surface area contributed by atoms with E-state index >= 15 is 0 Å². The lowest BCUT2D eigenvalue weighted by atomic mass is 10.1. The Balaban J connectivity index is 1.66. The van der Waals surface area contributed by atoms with E-state index in [0.29, 0.717) is 17.2 Å². The summed E-state index contributed by atoms with van der Waals surface area (Å²) < 4.78 is 10.7. The Morgan fingerprint density at radius 1 is 1.04 bits per heavy atom. The fourth-order valence-electron chi connectivity index (χ4n) is 2.50. The Hall–Kier alpha value is -3.21. The Bertz CT molecular complexity index is 911. The zero-order valence-electron chi connectivity index (χ0n) is 14.7. The first-order valence-electron chi connectivity index (χ1n) is 8.40. The van der Waals surface area contributed by atoms with E-state index < -0.39 is 5.97 Å². The Morgan fingerprint density at radius 3 is 2.38 bits per heavy atom. The van der Waals surface area contributed by atoms with Crippen molar-refractivity contribution in [1.82, 2.24) is 4.98 Å². The highest BCUT2D eigenvalue weighted by atomic mass is 16.5. The number of oxazole rings is 1. The van der Waals surface area contributed by atoms with Gasteiger partial charge in [-0.2, -0.15) is 0 Å². The van der Waals surface area contributed by atoms with Crippen molar-refractivity contribution in [3.8, 4) is 11.5 Å². The van der Waals surface area contributed by atoms with Gasteiger partial charge in [-0.1, -0.05) is 49.4 Å². The van der Waals surface area contributed by atoms with Gasteiger partial charge in [-0.25, -0.2) is 9.78 Å². The molecule has 0 amide bonds. The average Bonchev–Trinajstić information content (AvgIpc) is 3.08. The maximum atomic E-state index is 12.2. The molecule has 0 bridgehead atoms. The number of aromatic nitrogens is 1. The van der Waals surface area contributed by atoms with Gasteiger partial charge < -0.3 is 9.15 Å². The molecule has 1 heterocycles. The predicted octanol–water partition coefficient (Wildman–Crippen LogP) is 4.25. The van der Waals surface area contributed by atoms with Gasteiger partial charge in [-0.3, -0.25) is 4.79 Å². The second kappa shape index (κ2) is 7.78. The van der Waals surface area contributed by atoms with Crippen molar-refractivity contribution in [2.75, 3.05) is 6.61 Å². The number of rotatable bonds is 6. The van der Waals surface area contributed by atoms with E-state index in [0.717, 1.165) is 17.5 Å². The maximum Gasteiger partial charge on any atom is 0.361 e. The zero-order valence-corrected chi connectivity index (χ0v) is 14.7. The minimum absolute atomic E-state index is 0.0815. The summed E-state index contributed by atoms with van der Waals surface area (Å²) in [5.41, 5.74) is 2.50. The Morgan fingerprint density at radius 2 is 1.73 bits per heavy atom. The van der Waals surface area contributed by atoms with Crippen molar-refractivity contribution in [1.29, 1.82) is 0 Å². The molecule has 0 unspecified atom stereocenters. The molecule has 0 atom stereocenters. The largest absolute Gasteiger partial charge is 0.452 e. The lowest BCUT2D eigenvalue weighted by Crippen LogP contribution is -2.15. The van der Waals surface area contributed by atoms with E-state index in [-0.39, 0.29) is 18.1 Å². The number of aryl methyl sites for hydroxylation is 2. The zero-order chi connectivity index (χ0) is 18.5. The van der Waals surface area contributed by atoms with Gasteiger partial charge >= 0.3 is 5.97 Å². The molecule has 5 nitrogen and oxygen atoms in total. The molecule has 0 spiro atoms. The van der Waals surface area contributed by atoms with Gasteiger partial charge in [-0.05, 0) is 31.0 Å². The maximum absolute atomic E-state index is 12.2. The number of Topliss-reactive ketones (excluding diaryl/α,β-unsaturated/α-hetero) is 1. The number of hydrogen-bond donors (Lipinski definition) is 0. The summed E-state index contributed by atoms with van der Waals surface area (Å²) in [6, 6.07) is 16.5. The van der Waals surface area contributed by atoms with Gasteiger partial charge in [0.2, 0.25) is 5.89 Å². The molecule has 0 aliphatic rings. The van der Waals surface area contributed by atoms with E-state index in [1.165, 1.54) is 0 Å². The molecular formula is C21H19NO4. The first kappa shape index (κ1) is 17.6. The van der Waals surface area contributed by atoms with Crippen molar-refractivity contribution >= 4 is 11.8 Å². The third-order valence-electron chi connectivity index (χ3n) is 4.03. The summed E-state index contributed by atoms with van der Waals surface area (Å²) in [6.45, 7) is 3.35. The fraction of sp³-hybridized carbons (Fsp3) is 0.190. The number of esters is 1. The summed E-state index contributed by atoms with van der Waals surface area (Å²) in [6.07, 6.45) is 0.901. The third-order valence-corrected chi connectivity index (χ3v) is 4.03. The standard InChI is InChI=1S/C21H19NO4/c1-3-15-9-11-16(12-10-15)18(23)13-25-21(24)19-14(2)26-20(22-19)17-7-5-4-6-8-17/h4-12H,3,13H2,1-2H3. The van der Waals surface area contributed by atoms with Crippen LogP contribution in [-0.2, 0) is 11.2 Å². The van der Waals surface area contributed by atoms with Crippen LogP contribution in [-0.4, -0.2) is 23.3 Å². The molecule has 0 saturated carbocycles. The van der Waals surface area contributed by atoms with Gasteiger partial charge in [0.25, 0.3) is 0 Å². The number of benzene rings is 2. The highest BCUT2D eigenvalue weighted by Gasteiger charge is 2.20. The first-order valence-corrected chi connectivity index (χ1v) is 8.40. The van der Waals surface area contributed by atoms with Crippen LogP contribution in [0.15, 0.2) is 59.0 Å². The summed E-state index contributed by atoms with van der Waals surface area (Å²) >= 11 is 0. The number of nitrogens with zero attached hydrogens (tertiary/aromatic N) is 1. The van der Waals surface area contributed by atoms with Gasteiger partial charge in [0.15, 0.2) is 18.1 Å². The molecular weight excluding hydrogens is 330 g/mol. The average molecular weight is 349 g/mol. The highest BCUT2D eigenvalue weighted by Crippen LogP contribution is 2.21. The summed E-state index contributed by atoms with van der Waals surface area (Å²) in [7, 11) is 0. The Kier molecular flexibility index (Phi) is 5.27. The summed E-state index contributed by atoms with van der Waals surface area (Å²) in [4.78, 5) is 28.6. The minimum atomic E-state index is -0.674. The van der Waals surface area contributed by atoms with Crippen LogP contribution in [0, 0.1) is 6.92 Å². The van der Waals surface area contributed by atoms with Crippen LogP contribution in [0.25, 0.3) is 11.5 Å². The molecule has 0 aliphatic carbocycles. The number of hydrogen-bond acceptors (Lipinski definition) is 5. The molecule has 0 saturated heterocycles. The van der Waals surface area contributed by atoms with Crippen LogP contribution in [0.5, 0.6) is 0 Å². The molecule has 0 aliphatic heterocycles. The quantitative estimate of drug-likeness (QED) is 0.491. The van der Waals surface area contributed by atoms with Gasteiger partial charge in [0, 0.05) is 11.1 Å². The number of ketones is 1. The molecule has 1 aromatic heterocycles. The first-order chi connectivity index (χ1) is 12.6. The molecule has 132 valence electrons. The molecule has 3 aromatic rings. The van der Waals surface area contributed by atoms with Crippen molar-refractivity contribution in [2.45, 2.75) is 20.3 Å². The second-order valence-electron chi connectivity index (χ2n) is 5.84. The van der Waals surface area contributed by atoms with Crippen molar-refractivity contribution in [2.24, 2.45) is 0 Å². The van der Waals surface area contributed by atoms with Crippen LogP contribution >= 0.6 is 0 Å². The van der Waals surface area contributed by atoms with E-state index in [4.69, 9.17) is 9.15 Å². The van der Waals surface area contributed by atoms with E-state index in [1.54, 1.807) is 19.1 Å². The molecule has 0 N–H and O–H groups in total. The predicted molar refractivity (Wildman–Crippen MR) is 97.1 cm³/mol. The molecule has 0 radical (unpaired) electrons. The second-order valence-corrected chi connectivity index (χ2v) is 5.84. The third kappa shape index (κ3) is 3.88. The molecule has 2 aromatic carbocycles. The fourth-order valence-corrected chi connectivity index (χ4v) is 2.50. The number of ether oxygens (including phenoxy) is 1. The Labute approximate surface area is 151 Å². The van der Waals surface area contributed by atoms with Crippen LogP contribution < -0.4 is 0 Å². The molecule has 3 rings (SSSR count). The van der Waals surface area contributed by atoms with Crippen molar-refractivity contribution in [3.63, 3.8) is 0 Å². The van der Waals surface area contributed by atoms with Gasteiger partial charge in [-0.15, -0.1) is 0 Å². The normalized spacial score (nSPS) is 10.5. The minimum Gasteiger partial charge on any atom is -0.452 e. The molecule has 0 fully saturated rings. The van der Waals surface area contributed by atoms with Crippen molar-refractivity contribution < 1.29 is 18.7 Å². The topological polar surface area (TPSA) is 69.4 Å². The lowest BCUT2D eigenvalue weighted by molar-refractivity contribution is 0.0468. The monoisotopic (exact) mass is 349 g/mol. The van der Waals surface area contributed by atoms with Crippen LogP contribution in [0.3, 0.4) is 0 Å². The van der Waals surface area contributed by atoms with Gasteiger partial charge in [0.05, 0.1) is 0 Å². The summed E-state index contributed by atoms with van der Waals surface area (Å²) in [5, 5.41) is 0. The highest BCUT2D eigenvalue weighted by molar-refractivity contribution is 5.99. The van der Waals surface area contributed by atoms with E-state index in [2.05, 4.69) is 4.98 Å². The van der Waals surface area contributed by atoms with Crippen molar-refractivity contribution in [3.05, 3.63) is 77.2 Å². The molecule has 26 heavy (non-hydrogen) atoms. The van der Waals surface area contributed by atoms with Crippen LogP contribution in [0.4, 0.5) is 0 Å². The van der Waals surface area contributed by atoms with Crippen LogP contribution in [0.2, 0.25) is 0 Å². The van der Waals surface area contributed by atoms with Gasteiger partial charge in [0.1, 0.15) is 5.76 Å². The number of carbonyl (C=O) groups excluding carboxylic acids is 2. The van der Waals surface area contributed by atoms with Crippen LogP contribution in [0.1, 0.15) is 39.1 Å². The van der Waals surface area contributed by atoms with E-state index in [9.17, 15) is 9.59 Å². The molecule has 5 heteroatoms. The number of carbonyl (C=O) groups is 2. The smallest absolute Gasteiger partial charge is 0.361 e.